The number of nitrogens with zero attached hydrogens (tertiary/aromatic N) is 2. The molecule has 0 saturated carbocycles. The second-order valence-corrected chi connectivity index (χ2v) is 5.30. The molecule has 0 aliphatic heterocycles. The highest BCUT2D eigenvalue weighted by molar-refractivity contribution is 7.12. The Hall–Kier alpha value is -1.33. The molecule has 2 heterocycles. The SMILES string of the molecule is CCc1ccc(C(NC)c2c(OC)cnn2C)s1. The molecule has 0 spiro atoms. The average Bonchev–Trinajstić information content (AvgIpc) is 2.99. The number of thiophene rings is 1. The third kappa shape index (κ3) is 2.28. The van der Waals surface area contributed by atoms with Gasteiger partial charge in [-0.25, -0.2) is 0 Å². The number of aromatic nitrogens is 2. The van der Waals surface area contributed by atoms with Crippen molar-refractivity contribution < 1.29 is 4.74 Å². The summed E-state index contributed by atoms with van der Waals surface area (Å²) in [5.74, 6) is 0.822. The van der Waals surface area contributed by atoms with Crippen LogP contribution in [0.1, 0.15) is 28.4 Å². The van der Waals surface area contributed by atoms with Crippen LogP contribution < -0.4 is 10.1 Å². The minimum atomic E-state index is 0.123. The van der Waals surface area contributed by atoms with Crippen LogP contribution in [0.15, 0.2) is 18.3 Å². The lowest BCUT2D eigenvalue weighted by molar-refractivity contribution is 0.403. The van der Waals surface area contributed by atoms with Crippen LogP contribution in [0.2, 0.25) is 0 Å². The first-order valence-electron chi connectivity index (χ1n) is 6.03. The van der Waals surface area contributed by atoms with Crippen molar-refractivity contribution in [3.63, 3.8) is 0 Å². The van der Waals surface area contributed by atoms with Gasteiger partial charge in [0.1, 0.15) is 5.69 Å². The van der Waals surface area contributed by atoms with E-state index < -0.39 is 0 Å². The second kappa shape index (κ2) is 5.54. The molecule has 2 aromatic heterocycles. The van der Waals surface area contributed by atoms with E-state index in [1.54, 1.807) is 13.3 Å². The molecule has 0 radical (unpaired) electrons. The molecule has 1 atom stereocenters. The Kier molecular flexibility index (Phi) is 4.04. The van der Waals surface area contributed by atoms with Crippen LogP contribution in [0.25, 0.3) is 0 Å². The molecule has 0 fully saturated rings. The molecule has 0 amide bonds. The van der Waals surface area contributed by atoms with Gasteiger partial charge < -0.3 is 10.1 Å². The largest absolute Gasteiger partial charge is 0.493 e. The lowest BCUT2D eigenvalue weighted by Crippen LogP contribution is -2.20. The van der Waals surface area contributed by atoms with E-state index in [4.69, 9.17) is 4.74 Å². The van der Waals surface area contributed by atoms with Gasteiger partial charge in [0.05, 0.1) is 19.3 Å². The van der Waals surface area contributed by atoms with Gasteiger partial charge in [0.15, 0.2) is 5.75 Å². The molecule has 1 unspecified atom stereocenters. The molecule has 0 aromatic carbocycles. The number of ether oxygens (including phenoxy) is 1. The summed E-state index contributed by atoms with van der Waals surface area (Å²) >= 11 is 1.83. The topological polar surface area (TPSA) is 39.1 Å². The van der Waals surface area contributed by atoms with Crippen molar-refractivity contribution in [2.24, 2.45) is 7.05 Å². The highest BCUT2D eigenvalue weighted by atomic mass is 32.1. The summed E-state index contributed by atoms with van der Waals surface area (Å²) < 4.78 is 7.25. The van der Waals surface area contributed by atoms with Crippen molar-refractivity contribution in [2.45, 2.75) is 19.4 Å². The molecular formula is C13H19N3OS. The Morgan fingerprint density at radius 1 is 1.50 bits per heavy atom. The van der Waals surface area contributed by atoms with E-state index in [9.17, 15) is 0 Å². The maximum Gasteiger partial charge on any atom is 0.161 e. The van der Waals surface area contributed by atoms with Gasteiger partial charge in [-0.15, -0.1) is 11.3 Å². The molecule has 2 rings (SSSR count). The molecule has 0 saturated heterocycles. The molecule has 0 aliphatic rings. The van der Waals surface area contributed by atoms with E-state index in [-0.39, 0.29) is 6.04 Å². The normalized spacial score (nSPS) is 12.7. The Morgan fingerprint density at radius 2 is 2.28 bits per heavy atom. The van der Waals surface area contributed by atoms with Crippen molar-refractivity contribution >= 4 is 11.3 Å². The van der Waals surface area contributed by atoms with E-state index in [1.165, 1.54) is 9.75 Å². The summed E-state index contributed by atoms with van der Waals surface area (Å²) in [6.45, 7) is 2.18. The average molecular weight is 265 g/mol. The van der Waals surface area contributed by atoms with Crippen molar-refractivity contribution in [3.8, 4) is 5.75 Å². The van der Waals surface area contributed by atoms with E-state index in [0.717, 1.165) is 17.9 Å². The zero-order valence-electron chi connectivity index (χ0n) is 11.2. The van der Waals surface area contributed by atoms with E-state index >= 15 is 0 Å². The third-order valence-corrected chi connectivity index (χ3v) is 4.34. The Morgan fingerprint density at radius 3 is 2.83 bits per heavy atom. The fourth-order valence-corrected chi connectivity index (χ4v) is 3.13. The van der Waals surface area contributed by atoms with Crippen LogP contribution in [0.5, 0.6) is 5.75 Å². The van der Waals surface area contributed by atoms with Crippen LogP contribution in [-0.4, -0.2) is 23.9 Å². The van der Waals surface area contributed by atoms with Crippen LogP contribution in [0, 0.1) is 0 Å². The highest BCUT2D eigenvalue weighted by Crippen LogP contribution is 2.33. The fourth-order valence-electron chi connectivity index (χ4n) is 2.07. The number of methoxy groups -OCH3 is 1. The molecule has 0 aliphatic carbocycles. The molecule has 2 aromatic rings. The first-order chi connectivity index (χ1) is 8.71. The first kappa shape index (κ1) is 13.1. The minimum absolute atomic E-state index is 0.123. The Bertz CT molecular complexity index is 518. The van der Waals surface area contributed by atoms with Crippen LogP contribution in [-0.2, 0) is 13.5 Å². The lowest BCUT2D eigenvalue weighted by Gasteiger charge is -2.16. The number of hydrogen-bond acceptors (Lipinski definition) is 4. The summed E-state index contributed by atoms with van der Waals surface area (Å²) in [5, 5.41) is 7.61. The molecule has 98 valence electrons. The maximum atomic E-state index is 5.38. The third-order valence-electron chi connectivity index (χ3n) is 3.05. The number of hydrogen-bond donors (Lipinski definition) is 1. The molecule has 0 bridgehead atoms. The summed E-state index contributed by atoms with van der Waals surface area (Å²) in [6.07, 6.45) is 2.83. The zero-order valence-corrected chi connectivity index (χ0v) is 12.0. The van der Waals surface area contributed by atoms with Crippen LogP contribution in [0.4, 0.5) is 0 Å². The lowest BCUT2D eigenvalue weighted by atomic mass is 10.1. The van der Waals surface area contributed by atoms with E-state index in [1.807, 2.05) is 30.1 Å². The predicted octanol–water partition coefficient (Wildman–Crippen LogP) is 2.36. The van der Waals surface area contributed by atoms with Gasteiger partial charge in [-0.05, 0) is 25.6 Å². The maximum absolute atomic E-state index is 5.38. The monoisotopic (exact) mass is 265 g/mol. The molecule has 4 nitrogen and oxygen atoms in total. The van der Waals surface area contributed by atoms with Crippen molar-refractivity contribution in [3.05, 3.63) is 33.8 Å². The molecular weight excluding hydrogens is 246 g/mol. The number of aryl methyl sites for hydroxylation is 2. The fraction of sp³-hybridized carbons (Fsp3) is 0.462. The molecule has 18 heavy (non-hydrogen) atoms. The van der Waals surface area contributed by atoms with Crippen LogP contribution in [0.3, 0.4) is 0 Å². The van der Waals surface area contributed by atoms with Crippen molar-refractivity contribution in [1.82, 2.24) is 15.1 Å². The Labute approximate surface area is 112 Å². The van der Waals surface area contributed by atoms with Gasteiger partial charge >= 0.3 is 0 Å². The smallest absolute Gasteiger partial charge is 0.161 e. The minimum Gasteiger partial charge on any atom is -0.493 e. The van der Waals surface area contributed by atoms with Crippen molar-refractivity contribution in [1.29, 1.82) is 0 Å². The second-order valence-electron chi connectivity index (χ2n) is 4.10. The van der Waals surface area contributed by atoms with E-state index in [0.29, 0.717) is 0 Å². The van der Waals surface area contributed by atoms with Gasteiger partial charge in [-0.2, -0.15) is 5.10 Å². The first-order valence-corrected chi connectivity index (χ1v) is 6.84. The van der Waals surface area contributed by atoms with Gasteiger partial charge in [0, 0.05) is 16.8 Å². The van der Waals surface area contributed by atoms with Gasteiger partial charge in [-0.3, -0.25) is 4.68 Å². The van der Waals surface area contributed by atoms with Gasteiger partial charge in [0.25, 0.3) is 0 Å². The predicted molar refractivity (Wildman–Crippen MR) is 74.4 cm³/mol. The van der Waals surface area contributed by atoms with Crippen molar-refractivity contribution in [2.75, 3.05) is 14.2 Å². The highest BCUT2D eigenvalue weighted by Gasteiger charge is 2.22. The zero-order chi connectivity index (χ0) is 13.1. The molecule has 5 heteroatoms. The quantitative estimate of drug-likeness (QED) is 0.902. The summed E-state index contributed by atoms with van der Waals surface area (Å²) in [7, 11) is 5.58. The van der Waals surface area contributed by atoms with Gasteiger partial charge in [-0.1, -0.05) is 6.92 Å². The summed E-state index contributed by atoms with van der Waals surface area (Å²) in [6, 6.07) is 4.49. The standard InChI is InChI=1S/C13H19N3OS/c1-5-9-6-7-11(18-9)12(14-2)13-10(17-4)8-15-16(13)3/h6-8,12,14H,5H2,1-4H3. The van der Waals surface area contributed by atoms with Gasteiger partial charge in [0.2, 0.25) is 0 Å². The Balaban J connectivity index is 2.41. The van der Waals surface area contributed by atoms with E-state index in [2.05, 4.69) is 29.5 Å². The summed E-state index contributed by atoms with van der Waals surface area (Å²) in [4.78, 5) is 2.68. The molecule has 1 N–H and O–H groups in total. The van der Waals surface area contributed by atoms with Crippen LogP contribution >= 0.6 is 11.3 Å². The number of rotatable bonds is 5. The summed E-state index contributed by atoms with van der Waals surface area (Å²) in [5.41, 5.74) is 1.06. The number of nitrogens with one attached hydrogen (secondary N) is 1.